The summed E-state index contributed by atoms with van der Waals surface area (Å²) in [6, 6.07) is 1.62. The van der Waals surface area contributed by atoms with Crippen LogP contribution in [0.4, 0.5) is 0 Å². The Morgan fingerprint density at radius 2 is 1.95 bits per heavy atom. The van der Waals surface area contributed by atoms with Gasteiger partial charge in [0.1, 0.15) is 16.4 Å². The van der Waals surface area contributed by atoms with Gasteiger partial charge in [0.25, 0.3) is 0 Å². The van der Waals surface area contributed by atoms with Gasteiger partial charge in [-0.15, -0.1) is 0 Å². The normalized spacial score (nSPS) is 20.1. The summed E-state index contributed by atoms with van der Waals surface area (Å²) >= 11 is 0. The first-order chi connectivity index (χ1) is 9.67. The molecule has 1 aliphatic rings. The van der Waals surface area contributed by atoms with E-state index in [1.807, 2.05) is 0 Å². The lowest BCUT2D eigenvalue weighted by atomic mass is 9.76. The highest BCUT2D eigenvalue weighted by Crippen LogP contribution is 2.38. The molecule has 1 saturated carbocycles. The molecule has 21 heavy (non-hydrogen) atoms. The van der Waals surface area contributed by atoms with Crippen molar-refractivity contribution in [1.82, 2.24) is 4.31 Å². The highest BCUT2D eigenvalue weighted by Gasteiger charge is 2.35. The van der Waals surface area contributed by atoms with Crippen LogP contribution in [0.3, 0.4) is 0 Å². The molecule has 0 aromatic carbocycles. The number of rotatable bonds is 4. The zero-order valence-electron chi connectivity index (χ0n) is 13.3. The zero-order chi connectivity index (χ0) is 15.8. The fourth-order valence-electron chi connectivity index (χ4n) is 2.98. The van der Waals surface area contributed by atoms with Gasteiger partial charge < -0.3 is 10.2 Å². The Labute approximate surface area is 127 Å². The van der Waals surface area contributed by atoms with Crippen LogP contribution in [-0.2, 0) is 16.6 Å². The first kappa shape index (κ1) is 16.5. The lowest BCUT2D eigenvalue weighted by Crippen LogP contribution is -2.40. The van der Waals surface area contributed by atoms with Crippen molar-refractivity contribution in [3.05, 3.63) is 17.6 Å². The molecule has 1 fully saturated rings. The third-order valence-corrected chi connectivity index (χ3v) is 6.62. The molecule has 120 valence electrons. The van der Waals surface area contributed by atoms with Crippen LogP contribution in [0, 0.1) is 12.3 Å². The standard InChI is InChI=1S/C15H26N2O3S/c1-11-14(9-13(10-16)20-11)21(18,19)17(4)12-5-7-15(2,3)8-6-12/h9,12H,5-8,10,16H2,1-4H3. The van der Waals surface area contributed by atoms with Crippen molar-refractivity contribution in [1.29, 1.82) is 0 Å². The van der Waals surface area contributed by atoms with Crippen molar-refractivity contribution in [3.63, 3.8) is 0 Å². The van der Waals surface area contributed by atoms with Crippen LogP contribution in [0.5, 0.6) is 0 Å². The monoisotopic (exact) mass is 314 g/mol. The van der Waals surface area contributed by atoms with Gasteiger partial charge in [-0.3, -0.25) is 0 Å². The maximum absolute atomic E-state index is 12.8. The Balaban J connectivity index is 2.21. The van der Waals surface area contributed by atoms with E-state index in [1.54, 1.807) is 20.0 Å². The molecule has 0 saturated heterocycles. The van der Waals surface area contributed by atoms with Crippen LogP contribution < -0.4 is 5.73 Å². The molecule has 2 rings (SSSR count). The maximum Gasteiger partial charge on any atom is 0.246 e. The van der Waals surface area contributed by atoms with E-state index in [9.17, 15) is 8.42 Å². The summed E-state index contributed by atoms with van der Waals surface area (Å²) in [5.41, 5.74) is 5.84. The van der Waals surface area contributed by atoms with Gasteiger partial charge in [-0.25, -0.2) is 8.42 Å². The van der Waals surface area contributed by atoms with Crippen molar-refractivity contribution in [2.24, 2.45) is 11.1 Å². The summed E-state index contributed by atoms with van der Waals surface area (Å²) in [5, 5.41) is 0. The minimum atomic E-state index is -3.51. The van der Waals surface area contributed by atoms with E-state index in [0.717, 1.165) is 25.7 Å². The van der Waals surface area contributed by atoms with Gasteiger partial charge in [0, 0.05) is 19.2 Å². The van der Waals surface area contributed by atoms with Gasteiger partial charge in [0.2, 0.25) is 10.0 Å². The van der Waals surface area contributed by atoms with Crippen LogP contribution in [0.25, 0.3) is 0 Å². The second-order valence-electron chi connectivity index (χ2n) is 6.75. The lowest BCUT2D eigenvalue weighted by Gasteiger charge is -2.37. The Bertz CT molecular complexity index is 594. The van der Waals surface area contributed by atoms with E-state index >= 15 is 0 Å². The molecule has 1 heterocycles. The summed E-state index contributed by atoms with van der Waals surface area (Å²) in [5.74, 6) is 0.919. The molecule has 2 N–H and O–H groups in total. The van der Waals surface area contributed by atoms with Crippen molar-refractivity contribution >= 4 is 10.0 Å². The van der Waals surface area contributed by atoms with Gasteiger partial charge in [-0.1, -0.05) is 13.8 Å². The molecule has 1 aromatic rings. The molecular weight excluding hydrogens is 288 g/mol. The number of nitrogens with zero attached hydrogens (tertiary/aromatic N) is 1. The third-order valence-electron chi connectivity index (χ3n) is 4.60. The molecule has 5 nitrogen and oxygen atoms in total. The van der Waals surface area contributed by atoms with E-state index in [4.69, 9.17) is 10.2 Å². The van der Waals surface area contributed by atoms with Crippen LogP contribution in [0.2, 0.25) is 0 Å². The molecule has 6 heteroatoms. The molecule has 0 atom stereocenters. The molecule has 0 aliphatic heterocycles. The van der Waals surface area contributed by atoms with Gasteiger partial charge >= 0.3 is 0 Å². The number of nitrogens with two attached hydrogens (primary N) is 1. The molecule has 0 bridgehead atoms. The average molecular weight is 314 g/mol. The summed E-state index contributed by atoms with van der Waals surface area (Å²) in [6.07, 6.45) is 3.92. The van der Waals surface area contributed by atoms with Gasteiger partial charge in [0.15, 0.2) is 0 Å². The number of hydrogen-bond acceptors (Lipinski definition) is 4. The molecule has 0 spiro atoms. The Morgan fingerprint density at radius 3 is 2.43 bits per heavy atom. The van der Waals surface area contributed by atoms with E-state index in [1.165, 1.54) is 4.31 Å². The van der Waals surface area contributed by atoms with Crippen molar-refractivity contribution in [2.45, 2.75) is 63.9 Å². The fraction of sp³-hybridized carbons (Fsp3) is 0.733. The van der Waals surface area contributed by atoms with Crippen molar-refractivity contribution < 1.29 is 12.8 Å². The minimum Gasteiger partial charge on any atom is -0.464 e. The van der Waals surface area contributed by atoms with Crippen LogP contribution in [0.15, 0.2) is 15.4 Å². The number of hydrogen-bond donors (Lipinski definition) is 1. The SMILES string of the molecule is Cc1oc(CN)cc1S(=O)(=O)N(C)C1CCC(C)(C)CC1. The average Bonchev–Trinajstić information content (AvgIpc) is 2.80. The third kappa shape index (κ3) is 3.33. The number of sulfonamides is 1. The second kappa shape index (κ2) is 5.74. The summed E-state index contributed by atoms with van der Waals surface area (Å²) < 4.78 is 32.4. The van der Waals surface area contributed by atoms with E-state index in [0.29, 0.717) is 16.9 Å². The smallest absolute Gasteiger partial charge is 0.246 e. The molecule has 0 amide bonds. The zero-order valence-corrected chi connectivity index (χ0v) is 14.2. The lowest BCUT2D eigenvalue weighted by molar-refractivity contribution is 0.174. The van der Waals surface area contributed by atoms with Gasteiger partial charge in [-0.2, -0.15) is 4.31 Å². The molecular formula is C15H26N2O3S. The maximum atomic E-state index is 12.8. The second-order valence-corrected chi connectivity index (χ2v) is 8.72. The van der Waals surface area contributed by atoms with E-state index in [-0.39, 0.29) is 17.5 Å². The summed E-state index contributed by atoms with van der Waals surface area (Å²) in [6.45, 7) is 6.36. The van der Waals surface area contributed by atoms with Crippen molar-refractivity contribution in [3.8, 4) is 0 Å². The minimum absolute atomic E-state index is 0.0682. The van der Waals surface area contributed by atoms with Gasteiger partial charge in [0.05, 0.1) is 6.54 Å². The van der Waals surface area contributed by atoms with Crippen LogP contribution >= 0.6 is 0 Å². The molecule has 1 aliphatic carbocycles. The number of furan rings is 1. The predicted molar refractivity (Wildman–Crippen MR) is 82.3 cm³/mol. The molecule has 0 unspecified atom stereocenters. The Kier molecular flexibility index (Phi) is 4.52. The predicted octanol–water partition coefficient (Wildman–Crippen LogP) is 2.64. The summed E-state index contributed by atoms with van der Waals surface area (Å²) in [4.78, 5) is 0.246. The highest BCUT2D eigenvalue weighted by atomic mass is 32.2. The Morgan fingerprint density at radius 1 is 1.38 bits per heavy atom. The van der Waals surface area contributed by atoms with E-state index in [2.05, 4.69) is 13.8 Å². The summed E-state index contributed by atoms with van der Waals surface area (Å²) in [7, 11) is -1.84. The first-order valence-corrected chi connectivity index (χ1v) is 8.89. The fourth-order valence-corrected chi connectivity index (χ4v) is 4.58. The molecule has 0 radical (unpaired) electrons. The highest BCUT2D eigenvalue weighted by molar-refractivity contribution is 7.89. The van der Waals surface area contributed by atoms with E-state index < -0.39 is 10.0 Å². The Hall–Kier alpha value is -0.850. The van der Waals surface area contributed by atoms with Crippen LogP contribution in [0.1, 0.15) is 51.1 Å². The van der Waals surface area contributed by atoms with Crippen LogP contribution in [-0.4, -0.2) is 25.8 Å². The van der Waals surface area contributed by atoms with Gasteiger partial charge in [-0.05, 0) is 38.0 Å². The molecule has 1 aromatic heterocycles. The largest absolute Gasteiger partial charge is 0.464 e. The topological polar surface area (TPSA) is 76.5 Å². The number of aryl methyl sites for hydroxylation is 1. The van der Waals surface area contributed by atoms with Crippen molar-refractivity contribution in [2.75, 3.05) is 7.05 Å². The first-order valence-electron chi connectivity index (χ1n) is 7.45. The quantitative estimate of drug-likeness (QED) is 0.927.